The minimum Gasteiger partial charge on any atom is -0.497 e. The fourth-order valence-electron chi connectivity index (χ4n) is 2.01. The Labute approximate surface area is 123 Å². The van der Waals surface area contributed by atoms with E-state index in [1.165, 1.54) is 0 Å². The van der Waals surface area contributed by atoms with Crippen molar-refractivity contribution >= 4 is 11.9 Å². The molecule has 1 aliphatic rings. The highest BCUT2D eigenvalue weighted by Gasteiger charge is 2.17. The van der Waals surface area contributed by atoms with E-state index in [4.69, 9.17) is 14.2 Å². The van der Waals surface area contributed by atoms with Gasteiger partial charge in [0.25, 0.3) is 5.91 Å². The van der Waals surface area contributed by atoms with Gasteiger partial charge in [-0.25, -0.2) is 0 Å². The van der Waals surface area contributed by atoms with Crippen molar-refractivity contribution in [3.63, 3.8) is 0 Å². The van der Waals surface area contributed by atoms with Crippen LogP contribution in [0.5, 0.6) is 5.75 Å². The number of nitrogens with one attached hydrogen (secondary N) is 1. The number of hydrogen-bond donors (Lipinski definition) is 1. The van der Waals surface area contributed by atoms with E-state index in [-0.39, 0.29) is 25.2 Å². The van der Waals surface area contributed by atoms with Crippen molar-refractivity contribution in [2.24, 2.45) is 0 Å². The SMILES string of the molecule is COc1ccc(C(=O)NCC(=O)OC[C@@H]2CCCO2)cc1. The molecule has 0 saturated carbocycles. The minimum absolute atomic E-state index is 0.00811. The van der Waals surface area contributed by atoms with Crippen molar-refractivity contribution in [3.8, 4) is 5.75 Å². The Kier molecular flexibility index (Phi) is 5.57. The number of hydrogen-bond acceptors (Lipinski definition) is 5. The third-order valence-corrected chi connectivity index (χ3v) is 3.20. The highest BCUT2D eigenvalue weighted by molar-refractivity contribution is 5.95. The Hall–Kier alpha value is -2.08. The van der Waals surface area contributed by atoms with Crippen molar-refractivity contribution in [1.29, 1.82) is 0 Å². The molecule has 0 aliphatic carbocycles. The Morgan fingerprint density at radius 3 is 2.71 bits per heavy atom. The molecule has 0 bridgehead atoms. The smallest absolute Gasteiger partial charge is 0.325 e. The standard InChI is InChI=1S/C15H19NO5/c1-19-12-6-4-11(5-7-12)15(18)16-9-14(17)21-10-13-3-2-8-20-13/h4-7,13H,2-3,8-10H2,1H3,(H,16,18)/t13-/m0/s1. The molecule has 1 aromatic carbocycles. The van der Waals surface area contributed by atoms with E-state index in [1.807, 2.05) is 0 Å². The summed E-state index contributed by atoms with van der Waals surface area (Å²) in [6, 6.07) is 6.63. The number of benzene rings is 1. The number of carbonyl (C=O) groups excluding carboxylic acids is 2. The molecule has 114 valence electrons. The quantitative estimate of drug-likeness (QED) is 0.796. The second-order valence-corrected chi connectivity index (χ2v) is 4.73. The van der Waals surface area contributed by atoms with Gasteiger partial charge in [-0.05, 0) is 37.1 Å². The number of ether oxygens (including phenoxy) is 3. The van der Waals surface area contributed by atoms with Gasteiger partial charge in [0.2, 0.25) is 0 Å². The summed E-state index contributed by atoms with van der Waals surface area (Å²) in [4.78, 5) is 23.3. The molecule has 6 nitrogen and oxygen atoms in total. The van der Waals surface area contributed by atoms with E-state index in [9.17, 15) is 9.59 Å². The lowest BCUT2D eigenvalue weighted by Gasteiger charge is -2.10. The molecule has 0 radical (unpaired) electrons. The molecule has 1 N–H and O–H groups in total. The summed E-state index contributed by atoms with van der Waals surface area (Å²) in [5.74, 6) is -0.124. The highest BCUT2D eigenvalue weighted by Crippen LogP contribution is 2.12. The first-order chi connectivity index (χ1) is 10.2. The summed E-state index contributed by atoms with van der Waals surface area (Å²) in [5.41, 5.74) is 0.461. The molecule has 1 heterocycles. The number of rotatable bonds is 6. The van der Waals surface area contributed by atoms with Gasteiger partial charge in [-0.3, -0.25) is 9.59 Å². The van der Waals surface area contributed by atoms with Gasteiger partial charge in [0.15, 0.2) is 0 Å². The van der Waals surface area contributed by atoms with Gasteiger partial charge in [0.05, 0.1) is 13.2 Å². The monoisotopic (exact) mass is 293 g/mol. The topological polar surface area (TPSA) is 73.9 Å². The Bertz CT molecular complexity index is 479. The summed E-state index contributed by atoms with van der Waals surface area (Å²) in [7, 11) is 1.55. The highest BCUT2D eigenvalue weighted by atomic mass is 16.6. The van der Waals surface area contributed by atoms with E-state index in [2.05, 4.69) is 5.32 Å². The van der Waals surface area contributed by atoms with Crippen molar-refractivity contribution in [3.05, 3.63) is 29.8 Å². The zero-order chi connectivity index (χ0) is 15.1. The lowest BCUT2D eigenvalue weighted by molar-refractivity contribution is -0.145. The van der Waals surface area contributed by atoms with Crippen LogP contribution in [0.4, 0.5) is 0 Å². The molecule has 0 spiro atoms. The molecule has 1 fully saturated rings. The molecule has 2 rings (SSSR count). The fourth-order valence-corrected chi connectivity index (χ4v) is 2.01. The van der Waals surface area contributed by atoms with Crippen molar-refractivity contribution < 1.29 is 23.8 Å². The summed E-state index contributed by atoms with van der Waals surface area (Å²) in [5, 5.41) is 2.52. The summed E-state index contributed by atoms with van der Waals surface area (Å²) >= 11 is 0. The molecular weight excluding hydrogens is 274 g/mol. The van der Waals surface area contributed by atoms with Gasteiger partial charge in [-0.15, -0.1) is 0 Å². The van der Waals surface area contributed by atoms with Crippen LogP contribution in [-0.4, -0.2) is 44.8 Å². The number of methoxy groups -OCH3 is 1. The van der Waals surface area contributed by atoms with Gasteiger partial charge in [-0.1, -0.05) is 0 Å². The third-order valence-electron chi connectivity index (χ3n) is 3.20. The van der Waals surface area contributed by atoms with Crippen LogP contribution in [0.1, 0.15) is 23.2 Å². The van der Waals surface area contributed by atoms with Crippen molar-refractivity contribution in [2.75, 3.05) is 26.9 Å². The van der Waals surface area contributed by atoms with Gasteiger partial charge in [-0.2, -0.15) is 0 Å². The summed E-state index contributed by atoms with van der Waals surface area (Å²) in [6.07, 6.45) is 1.90. The lowest BCUT2D eigenvalue weighted by atomic mass is 10.2. The van der Waals surface area contributed by atoms with Crippen molar-refractivity contribution in [2.45, 2.75) is 18.9 Å². The number of carbonyl (C=O) groups is 2. The number of esters is 1. The second kappa shape index (κ2) is 7.64. The van der Waals surface area contributed by atoms with E-state index in [0.717, 1.165) is 19.4 Å². The van der Waals surface area contributed by atoms with Crippen LogP contribution >= 0.6 is 0 Å². The fraction of sp³-hybridized carbons (Fsp3) is 0.467. The molecule has 1 amide bonds. The summed E-state index contributed by atoms with van der Waals surface area (Å²) < 4.78 is 15.4. The Balaban J connectivity index is 1.70. The minimum atomic E-state index is -0.465. The van der Waals surface area contributed by atoms with Gasteiger partial charge >= 0.3 is 5.97 Å². The predicted molar refractivity (Wildman–Crippen MR) is 75.3 cm³/mol. The Morgan fingerprint density at radius 2 is 2.10 bits per heavy atom. The first kappa shape index (κ1) is 15.3. The molecule has 1 aliphatic heterocycles. The predicted octanol–water partition coefficient (Wildman–Crippen LogP) is 1.15. The molecule has 0 unspecified atom stereocenters. The zero-order valence-electron chi connectivity index (χ0n) is 12.0. The third kappa shape index (κ3) is 4.75. The van der Waals surface area contributed by atoms with Crippen LogP contribution in [0.2, 0.25) is 0 Å². The maximum absolute atomic E-state index is 11.8. The van der Waals surface area contributed by atoms with E-state index in [0.29, 0.717) is 11.3 Å². The molecule has 1 saturated heterocycles. The largest absolute Gasteiger partial charge is 0.497 e. The van der Waals surface area contributed by atoms with Crippen LogP contribution in [0.25, 0.3) is 0 Å². The van der Waals surface area contributed by atoms with E-state index in [1.54, 1.807) is 31.4 Å². The van der Waals surface area contributed by atoms with Crippen LogP contribution < -0.4 is 10.1 Å². The van der Waals surface area contributed by atoms with Gasteiger partial charge in [0.1, 0.15) is 18.9 Å². The zero-order valence-corrected chi connectivity index (χ0v) is 12.0. The molecule has 1 aromatic rings. The molecule has 1 atom stereocenters. The van der Waals surface area contributed by atoms with Gasteiger partial charge in [0, 0.05) is 12.2 Å². The van der Waals surface area contributed by atoms with Crippen LogP contribution in [0, 0.1) is 0 Å². The van der Waals surface area contributed by atoms with Crippen LogP contribution in [-0.2, 0) is 14.3 Å². The van der Waals surface area contributed by atoms with Crippen molar-refractivity contribution in [1.82, 2.24) is 5.32 Å². The normalized spacial score (nSPS) is 17.3. The molecule has 6 heteroatoms. The maximum Gasteiger partial charge on any atom is 0.325 e. The molecular formula is C15H19NO5. The maximum atomic E-state index is 11.8. The van der Waals surface area contributed by atoms with Crippen LogP contribution in [0.15, 0.2) is 24.3 Å². The first-order valence-corrected chi connectivity index (χ1v) is 6.88. The van der Waals surface area contributed by atoms with E-state index < -0.39 is 5.97 Å². The number of amides is 1. The lowest BCUT2D eigenvalue weighted by Crippen LogP contribution is -2.31. The average molecular weight is 293 g/mol. The summed E-state index contributed by atoms with van der Waals surface area (Å²) in [6.45, 7) is 0.811. The van der Waals surface area contributed by atoms with Crippen LogP contribution in [0.3, 0.4) is 0 Å². The second-order valence-electron chi connectivity index (χ2n) is 4.73. The molecule has 21 heavy (non-hydrogen) atoms. The first-order valence-electron chi connectivity index (χ1n) is 6.88. The van der Waals surface area contributed by atoms with E-state index >= 15 is 0 Å². The van der Waals surface area contributed by atoms with Gasteiger partial charge < -0.3 is 19.5 Å². The molecule has 0 aromatic heterocycles. The average Bonchev–Trinajstić information content (AvgIpc) is 3.04. The Morgan fingerprint density at radius 1 is 1.33 bits per heavy atom.